The van der Waals surface area contributed by atoms with Gasteiger partial charge < -0.3 is 9.84 Å². The summed E-state index contributed by atoms with van der Waals surface area (Å²) in [5.41, 5.74) is 0.682. The van der Waals surface area contributed by atoms with E-state index in [0.717, 1.165) is 6.42 Å². The number of aryl methyl sites for hydroxylation is 1. The lowest BCUT2D eigenvalue weighted by Crippen LogP contribution is -2.31. The van der Waals surface area contributed by atoms with Crippen LogP contribution in [0.5, 0.6) is 5.75 Å². The Balaban J connectivity index is 1.77. The number of carbonyl (C=O) groups excluding carboxylic acids is 2. The van der Waals surface area contributed by atoms with Crippen molar-refractivity contribution in [1.29, 1.82) is 0 Å². The van der Waals surface area contributed by atoms with Crippen LogP contribution >= 0.6 is 22.7 Å². The maximum absolute atomic E-state index is 13.3. The van der Waals surface area contributed by atoms with Crippen molar-refractivity contribution in [3.05, 3.63) is 68.6 Å². The number of hydrogen-bond acceptors (Lipinski definition) is 8. The summed E-state index contributed by atoms with van der Waals surface area (Å²) in [6.45, 7) is 6.60. The minimum absolute atomic E-state index is 0.0321. The van der Waals surface area contributed by atoms with Gasteiger partial charge in [-0.1, -0.05) is 43.4 Å². The van der Waals surface area contributed by atoms with Gasteiger partial charge in [0.1, 0.15) is 10.8 Å². The highest BCUT2D eigenvalue weighted by atomic mass is 32.1. The molecule has 1 aliphatic heterocycles. The number of carbonyl (C=O) groups is 2. The summed E-state index contributed by atoms with van der Waals surface area (Å²) in [6, 6.07) is 9.88. The lowest BCUT2D eigenvalue weighted by Gasteiger charge is -2.24. The Hall–Kier alpha value is -3.04. The van der Waals surface area contributed by atoms with Crippen molar-refractivity contribution in [3.63, 3.8) is 0 Å². The number of aliphatic hydroxyl groups is 1. The van der Waals surface area contributed by atoms with E-state index < -0.39 is 17.7 Å². The summed E-state index contributed by atoms with van der Waals surface area (Å²) in [4.78, 5) is 28.2. The molecule has 2 aromatic heterocycles. The normalized spacial score (nSPS) is 16.3. The minimum atomic E-state index is -0.835. The molecular weight excluding hydrogens is 446 g/mol. The fourth-order valence-electron chi connectivity index (χ4n) is 3.46. The van der Waals surface area contributed by atoms with Crippen LogP contribution in [-0.2, 0) is 4.79 Å². The highest BCUT2D eigenvalue weighted by Crippen LogP contribution is 2.43. The second-order valence-corrected chi connectivity index (χ2v) is 9.96. The van der Waals surface area contributed by atoms with Gasteiger partial charge in [0.2, 0.25) is 10.9 Å². The van der Waals surface area contributed by atoms with Gasteiger partial charge in [0.25, 0.3) is 5.91 Å². The summed E-state index contributed by atoms with van der Waals surface area (Å²) in [5, 5.41) is 21.7. The second-order valence-electron chi connectivity index (χ2n) is 7.85. The lowest BCUT2D eigenvalue weighted by atomic mass is 9.95. The Morgan fingerprint density at radius 1 is 1.25 bits per heavy atom. The summed E-state index contributed by atoms with van der Waals surface area (Å²) in [5.74, 6) is -0.467. The lowest BCUT2D eigenvalue weighted by molar-refractivity contribution is -0.117. The van der Waals surface area contributed by atoms with Gasteiger partial charge in [-0.25, -0.2) is 0 Å². The predicted molar refractivity (Wildman–Crippen MR) is 125 cm³/mol. The van der Waals surface area contributed by atoms with Gasteiger partial charge in [0.15, 0.2) is 5.76 Å². The largest absolute Gasteiger partial charge is 0.503 e. The van der Waals surface area contributed by atoms with Gasteiger partial charge in [-0.15, -0.1) is 21.5 Å². The van der Waals surface area contributed by atoms with Gasteiger partial charge in [-0.2, -0.15) is 0 Å². The first-order valence-electron chi connectivity index (χ1n) is 10.2. The van der Waals surface area contributed by atoms with E-state index in [4.69, 9.17) is 4.74 Å². The second kappa shape index (κ2) is 9.22. The number of ether oxygens (including phenoxy) is 1. The van der Waals surface area contributed by atoms with Crippen LogP contribution in [0, 0.1) is 12.8 Å². The zero-order valence-corrected chi connectivity index (χ0v) is 19.6. The number of nitrogens with zero attached hydrogens (tertiary/aromatic N) is 3. The third kappa shape index (κ3) is 4.31. The molecule has 0 spiro atoms. The molecular formula is C23H23N3O4S2. The number of ketones is 1. The molecule has 32 heavy (non-hydrogen) atoms. The number of benzene rings is 1. The van der Waals surface area contributed by atoms with E-state index in [2.05, 4.69) is 24.0 Å². The molecule has 1 N–H and O–H groups in total. The van der Waals surface area contributed by atoms with Gasteiger partial charge in [0, 0.05) is 0 Å². The van der Waals surface area contributed by atoms with E-state index in [9.17, 15) is 14.7 Å². The molecule has 1 unspecified atom stereocenters. The summed E-state index contributed by atoms with van der Waals surface area (Å²) in [7, 11) is 0. The van der Waals surface area contributed by atoms with Crippen molar-refractivity contribution in [1.82, 2.24) is 10.2 Å². The predicted octanol–water partition coefficient (Wildman–Crippen LogP) is 5.12. The Morgan fingerprint density at radius 2 is 2.06 bits per heavy atom. The van der Waals surface area contributed by atoms with E-state index in [-0.39, 0.29) is 11.4 Å². The van der Waals surface area contributed by atoms with Gasteiger partial charge >= 0.3 is 0 Å². The first kappa shape index (κ1) is 22.2. The third-order valence-corrected chi connectivity index (χ3v) is 6.76. The van der Waals surface area contributed by atoms with Crippen molar-refractivity contribution in [3.8, 4) is 5.75 Å². The number of amides is 1. The van der Waals surface area contributed by atoms with Crippen LogP contribution in [-0.4, -0.2) is 33.6 Å². The van der Waals surface area contributed by atoms with Crippen molar-refractivity contribution < 1.29 is 19.4 Å². The van der Waals surface area contributed by atoms with Crippen molar-refractivity contribution in [2.45, 2.75) is 33.2 Å². The summed E-state index contributed by atoms with van der Waals surface area (Å²) in [6.07, 6.45) is 0.908. The standard InChI is InChI=1S/C23H23N3O4S2/c1-13(2)9-10-30-16-7-4-6-15(12-16)19-18(20(27)17-8-5-11-31-17)21(28)22(29)26(19)23-25-24-14(3)32-23/h4-8,11-13,19,28H,9-10H2,1-3H3. The molecule has 0 radical (unpaired) electrons. The van der Waals surface area contributed by atoms with E-state index in [1.54, 1.807) is 30.5 Å². The Labute approximate surface area is 194 Å². The van der Waals surface area contributed by atoms with E-state index in [1.165, 1.54) is 27.6 Å². The number of hydrogen-bond donors (Lipinski definition) is 1. The number of Topliss-reactive ketones (excluding diaryl/α,β-unsaturated/α-hetero) is 1. The number of aromatic nitrogens is 2. The molecule has 1 atom stereocenters. The number of thiophene rings is 1. The van der Waals surface area contributed by atoms with Crippen LogP contribution < -0.4 is 9.64 Å². The number of anilines is 1. The molecule has 3 heterocycles. The molecule has 0 saturated carbocycles. The van der Waals surface area contributed by atoms with Gasteiger partial charge in [-0.3, -0.25) is 14.5 Å². The first-order chi connectivity index (χ1) is 15.4. The van der Waals surface area contributed by atoms with Crippen LogP contribution in [0.25, 0.3) is 0 Å². The summed E-state index contributed by atoms with van der Waals surface area (Å²) >= 11 is 2.49. The van der Waals surface area contributed by atoms with Crippen molar-refractivity contribution in [2.75, 3.05) is 11.5 Å². The Morgan fingerprint density at radius 3 is 2.72 bits per heavy atom. The highest BCUT2D eigenvalue weighted by molar-refractivity contribution is 7.15. The van der Waals surface area contributed by atoms with E-state index in [1.807, 2.05) is 18.2 Å². The van der Waals surface area contributed by atoms with Crippen molar-refractivity contribution >= 4 is 39.5 Å². The topological polar surface area (TPSA) is 92.6 Å². The number of rotatable bonds is 8. The van der Waals surface area contributed by atoms with Crippen LogP contribution in [0.2, 0.25) is 0 Å². The molecule has 0 aliphatic carbocycles. The first-order valence-corrected chi connectivity index (χ1v) is 11.9. The molecule has 0 bridgehead atoms. The zero-order valence-electron chi connectivity index (χ0n) is 17.9. The molecule has 1 amide bonds. The SMILES string of the molecule is Cc1nnc(N2C(=O)C(O)=C(C(=O)c3cccs3)C2c2cccc(OCCC(C)C)c2)s1. The molecule has 166 valence electrons. The molecule has 1 aliphatic rings. The Kier molecular flexibility index (Phi) is 6.38. The molecule has 4 rings (SSSR count). The quantitative estimate of drug-likeness (QED) is 0.461. The third-order valence-electron chi connectivity index (χ3n) is 5.06. The monoisotopic (exact) mass is 469 g/mol. The highest BCUT2D eigenvalue weighted by Gasteiger charge is 2.46. The minimum Gasteiger partial charge on any atom is -0.503 e. The van der Waals surface area contributed by atoms with Crippen LogP contribution in [0.3, 0.4) is 0 Å². The molecule has 9 heteroatoms. The smallest absolute Gasteiger partial charge is 0.296 e. The molecule has 7 nitrogen and oxygen atoms in total. The average Bonchev–Trinajstić information content (AvgIpc) is 3.49. The fraction of sp³-hybridized carbons (Fsp3) is 0.304. The van der Waals surface area contributed by atoms with Crippen LogP contribution in [0.1, 0.15) is 46.6 Å². The van der Waals surface area contributed by atoms with E-state index >= 15 is 0 Å². The van der Waals surface area contributed by atoms with E-state index in [0.29, 0.717) is 38.9 Å². The fourth-order valence-corrected chi connectivity index (χ4v) is 4.85. The maximum atomic E-state index is 13.3. The van der Waals surface area contributed by atoms with Crippen LogP contribution in [0.4, 0.5) is 5.13 Å². The Bertz CT molecular complexity index is 1170. The summed E-state index contributed by atoms with van der Waals surface area (Å²) < 4.78 is 5.89. The van der Waals surface area contributed by atoms with Crippen molar-refractivity contribution in [2.24, 2.45) is 5.92 Å². The molecule has 1 aromatic carbocycles. The molecule has 3 aromatic rings. The van der Waals surface area contributed by atoms with Gasteiger partial charge in [-0.05, 0) is 48.4 Å². The van der Waals surface area contributed by atoms with Gasteiger partial charge in [0.05, 0.1) is 23.1 Å². The average molecular weight is 470 g/mol. The number of aliphatic hydroxyl groups excluding tert-OH is 1. The molecule has 0 saturated heterocycles. The maximum Gasteiger partial charge on any atom is 0.296 e. The van der Waals surface area contributed by atoms with Crippen LogP contribution in [0.15, 0.2) is 53.1 Å². The zero-order chi connectivity index (χ0) is 22.8. The molecule has 0 fully saturated rings.